The van der Waals surface area contributed by atoms with Crippen molar-refractivity contribution in [1.29, 1.82) is 0 Å². The molecule has 2 N–H and O–H groups in total. The summed E-state index contributed by atoms with van der Waals surface area (Å²) in [6.45, 7) is 0.483. The quantitative estimate of drug-likeness (QED) is 0.721. The first-order valence-corrected chi connectivity index (χ1v) is 10.6. The van der Waals surface area contributed by atoms with Gasteiger partial charge in [0.15, 0.2) is 15.0 Å². The number of anilines is 2. The van der Waals surface area contributed by atoms with Crippen molar-refractivity contribution in [2.75, 3.05) is 22.9 Å². The van der Waals surface area contributed by atoms with Crippen molar-refractivity contribution in [2.45, 2.75) is 16.8 Å². The number of nitrogens with zero attached hydrogens (tertiary/aromatic N) is 3. The smallest absolute Gasteiger partial charge is 0.294 e. The van der Waals surface area contributed by atoms with Gasteiger partial charge in [-0.3, -0.25) is 9.80 Å². The molecular weight excluding hydrogens is 473 g/mol. The first-order valence-electron chi connectivity index (χ1n) is 7.44. The number of thiazole rings is 1. The van der Waals surface area contributed by atoms with E-state index in [2.05, 4.69) is 20.9 Å². The number of rotatable bonds is 3. The number of nitrogens with two attached hydrogens (primary N) is 1. The van der Waals surface area contributed by atoms with Crippen LogP contribution in [0.5, 0.6) is 0 Å². The van der Waals surface area contributed by atoms with Gasteiger partial charge in [-0.15, -0.1) is 0 Å². The SMILES string of the molecule is NS(=O)(=O)c1sc(N2CCCN(c3ccc(Br)cc3)C2=O)nc1C(F)(F)F. The molecule has 1 aromatic carbocycles. The number of benzene rings is 1. The molecule has 0 spiro atoms. The Labute approximate surface area is 164 Å². The molecule has 2 aromatic rings. The Morgan fingerprint density at radius 3 is 2.26 bits per heavy atom. The van der Waals surface area contributed by atoms with E-state index in [1.54, 1.807) is 24.3 Å². The van der Waals surface area contributed by atoms with Gasteiger partial charge in [-0.2, -0.15) is 13.2 Å². The van der Waals surface area contributed by atoms with Crippen LogP contribution < -0.4 is 14.9 Å². The number of alkyl halides is 3. The first kappa shape index (κ1) is 20.0. The number of urea groups is 1. The summed E-state index contributed by atoms with van der Waals surface area (Å²) in [7, 11) is -4.64. The molecule has 0 radical (unpaired) electrons. The maximum atomic E-state index is 13.1. The third kappa shape index (κ3) is 4.10. The molecule has 13 heteroatoms. The van der Waals surface area contributed by atoms with Crippen LogP contribution in [0.25, 0.3) is 0 Å². The lowest BCUT2D eigenvalue weighted by atomic mass is 10.2. The monoisotopic (exact) mass is 484 g/mol. The van der Waals surface area contributed by atoms with Crippen LogP contribution >= 0.6 is 27.3 Å². The van der Waals surface area contributed by atoms with Crippen LogP contribution in [0.15, 0.2) is 32.9 Å². The highest BCUT2D eigenvalue weighted by molar-refractivity contribution is 9.10. The van der Waals surface area contributed by atoms with Crippen molar-refractivity contribution in [2.24, 2.45) is 5.14 Å². The molecule has 0 saturated carbocycles. The van der Waals surface area contributed by atoms with E-state index in [-0.39, 0.29) is 23.0 Å². The van der Waals surface area contributed by atoms with E-state index in [1.165, 1.54) is 4.90 Å². The third-order valence-electron chi connectivity index (χ3n) is 3.71. The lowest BCUT2D eigenvalue weighted by molar-refractivity contribution is -0.142. The normalized spacial score (nSPS) is 16.1. The van der Waals surface area contributed by atoms with Gasteiger partial charge in [0.25, 0.3) is 0 Å². The Hall–Kier alpha value is -1.70. The fourth-order valence-corrected chi connectivity index (χ4v) is 4.77. The van der Waals surface area contributed by atoms with E-state index >= 15 is 0 Å². The number of hydrogen-bond acceptors (Lipinski definition) is 5. The highest BCUT2D eigenvalue weighted by Gasteiger charge is 2.42. The van der Waals surface area contributed by atoms with Crippen LogP contribution in [-0.2, 0) is 16.2 Å². The molecule has 3 rings (SSSR count). The maximum Gasteiger partial charge on any atom is 0.435 e. The van der Waals surface area contributed by atoms with E-state index in [9.17, 15) is 26.4 Å². The number of carbonyl (C=O) groups excluding carboxylic acids is 1. The van der Waals surface area contributed by atoms with Crippen molar-refractivity contribution in [3.8, 4) is 0 Å². The van der Waals surface area contributed by atoms with Crippen molar-refractivity contribution < 1.29 is 26.4 Å². The summed E-state index contributed by atoms with van der Waals surface area (Å²) in [5, 5.41) is 4.53. The van der Waals surface area contributed by atoms with E-state index in [4.69, 9.17) is 5.14 Å². The van der Waals surface area contributed by atoms with Crippen molar-refractivity contribution in [3.63, 3.8) is 0 Å². The summed E-state index contributed by atoms with van der Waals surface area (Å²) in [4.78, 5) is 18.6. The second-order valence-electron chi connectivity index (χ2n) is 5.59. The van der Waals surface area contributed by atoms with E-state index in [1.807, 2.05) is 0 Å². The van der Waals surface area contributed by atoms with Crippen molar-refractivity contribution in [3.05, 3.63) is 34.4 Å². The summed E-state index contributed by atoms with van der Waals surface area (Å²) in [6, 6.07) is 6.23. The van der Waals surface area contributed by atoms with Gasteiger partial charge >= 0.3 is 12.2 Å². The van der Waals surface area contributed by atoms with E-state index in [0.29, 0.717) is 18.7 Å². The average molecular weight is 485 g/mol. The van der Waals surface area contributed by atoms with Gasteiger partial charge < -0.3 is 0 Å². The number of halogens is 4. The summed E-state index contributed by atoms with van der Waals surface area (Å²) in [5.74, 6) is 0. The molecular formula is C14H12BrF3N4O3S2. The van der Waals surface area contributed by atoms with Gasteiger partial charge in [-0.25, -0.2) is 23.3 Å². The van der Waals surface area contributed by atoms with Gasteiger partial charge in [-0.05, 0) is 30.7 Å². The van der Waals surface area contributed by atoms with Crippen LogP contribution in [0.2, 0.25) is 0 Å². The fraction of sp³-hybridized carbons (Fsp3) is 0.286. The molecule has 1 fully saturated rings. The Morgan fingerprint density at radius 1 is 1.15 bits per heavy atom. The summed E-state index contributed by atoms with van der Waals surface area (Å²) >= 11 is 3.51. The van der Waals surface area contributed by atoms with Gasteiger partial charge in [0.1, 0.15) is 0 Å². The number of sulfonamides is 1. The standard InChI is InChI=1S/C14H12BrF3N4O3S2/c15-8-2-4-9(5-3-8)21-6-1-7-22(13(21)23)12-20-10(14(16,17)18)11(26-12)27(19,24)25/h2-5H,1,6-7H2,(H2,19,24,25). The fourth-order valence-electron chi connectivity index (χ4n) is 2.54. The highest BCUT2D eigenvalue weighted by Crippen LogP contribution is 2.40. The minimum atomic E-state index is -5.01. The molecule has 1 aliphatic rings. The molecule has 27 heavy (non-hydrogen) atoms. The summed E-state index contributed by atoms with van der Waals surface area (Å²) in [5.41, 5.74) is -1.05. The zero-order chi connectivity index (χ0) is 20.0. The lowest BCUT2D eigenvalue weighted by Crippen LogP contribution is -2.49. The second-order valence-corrected chi connectivity index (χ2v) is 9.24. The zero-order valence-corrected chi connectivity index (χ0v) is 16.6. The van der Waals surface area contributed by atoms with E-state index < -0.39 is 32.1 Å². The van der Waals surface area contributed by atoms with Gasteiger partial charge in [0.2, 0.25) is 10.0 Å². The minimum Gasteiger partial charge on any atom is -0.294 e. The average Bonchev–Trinajstić information content (AvgIpc) is 3.02. The molecule has 146 valence electrons. The molecule has 0 unspecified atom stereocenters. The number of hydrogen-bond donors (Lipinski definition) is 1. The number of aromatic nitrogens is 1. The van der Waals surface area contributed by atoms with Crippen LogP contribution in [0, 0.1) is 0 Å². The number of amides is 2. The molecule has 1 aliphatic heterocycles. The van der Waals surface area contributed by atoms with Crippen LogP contribution in [0.1, 0.15) is 12.1 Å². The second kappa shape index (κ2) is 7.04. The lowest BCUT2D eigenvalue weighted by Gasteiger charge is -2.34. The Kier molecular flexibility index (Phi) is 5.22. The molecule has 2 amide bonds. The van der Waals surface area contributed by atoms with Crippen LogP contribution in [0.4, 0.5) is 28.8 Å². The molecule has 0 bridgehead atoms. The van der Waals surface area contributed by atoms with Gasteiger partial charge in [0, 0.05) is 23.2 Å². The van der Waals surface area contributed by atoms with Gasteiger partial charge in [-0.1, -0.05) is 27.3 Å². The predicted molar refractivity (Wildman–Crippen MR) is 97.3 cm³/mol. The summed E-state index contributed by atoms with van der Waals surface area (Å²) in [6.07, 6.45) is -4.55. The molecule has 2 heterocycles. The zero-order valence-electron chi connectivity index (χ0n) is 13.4. The number of primary sulfonamides is 1. The van der Waals surface area contributed by atoms with E-state index in [0.717, 1.165) is 9.37 Å². The Balaban J connectivity index is 2.00. The Morgan fingerprint density at radius 2 is 1.74 bits per heavy atom. The molecule has 7 nitrogen and oxygen atoms in total. The molecule has 1 saturated heterocycles. The van der Waals surface area contributed by atoms with Crippen LogP contribution in [-0.4, -0.2) is 32.5 Å². The molecule has 1 aromatic heterocycles. The van der Waals surface area contributed by atoms with Gasteiger partial charge in [0.05, 0.1) is 0 Å². The third-order valence-corrected chi connectivity index (χ3v) is 6.76. The van der Waals surface area contributed by atoms with Crippen LogP contribution in [0.3, 0.4) is 0 Å². The van der Waals surface area contributed by atoms with Crippen molar-refractivity contribution in [1.82, 2.24) is 4.98 Å². The predicted octanol–water partition coefficient (Wildman–Crippen LogP) is 3.41. The molecule has 0 aliphatic carbocycles. The largest absolute Gasteiger partial charge is 0.435 e. The Bertz CT molecular complexity index is 976. The minimum absolute atomic E-state index is 0.112. The summed E-state index contributed by atoms with van der Waals surface area (Å²) < 4.78 is 62.2. The first-order chi connectivity index (χ1) is 12.5. The topological polar surface area (TPSA) is 96.6 Å². The maximum absolute atomic E-state index is 13.1. The highest BCUT2D eigenvalue weighted by atomic mass is 79.9. The van der Waals surface area contributed by atoms with Crippen molar-refractivity contribution >= 4 is 54.1 Å². The molecule has 0 atom stereocenters. The number of carbonyl (C=O) groups is 1.